The highest BCUT2D eigenvalue weighted by Gasteiger charge is 2.56. The summed E-state index contributed by atoms with van der Waals surface area (Å²) >= 11 is 0. The summed E-state index contributed by atoms with van der Waals surface area (Å²) in [5, 5.41) is 10.0. The summed E-state index contributed by atoms with van der Waals surface area (Å²) in [6, 6.07) is 0. The normalized spacial score (nSPS) is 45.6. The van der Waals surface area contributed by atoms with Crippen molar-refractivity contribution in [1.82, 2.24) is 0 Å². The molecule has 80 valence electrons. The van der Waals surface area contributed by atoms with Crippen LogP contribution in [0.4, 0.5) is 0 Å². The molecule has 1 heterocycles. The fraction of sp³-hybridized carbons (Fsp3) is 1.00. The molecule has 1 N–H and O–H groups in total. The predicted molar refractivity (Wildman–Crippen MR) is 50.7 cm³/mol. The smallest absolute Gasteiger partial charge is 0.174 e. The van der Waals surface area contributed by atoms with E-state index in [0.29, 0.717) is 19.1 Å². The molecule has 1 aliphatic heterocycles. The molecule has 2 saturated carbocycles. The summed E-state index contributed by atoms with van der Waals surface area (Å²) in [4.78, 5) is 0. The fourth-order valence-electron chi connectivity index (χ4n) is 3.60. The summed E-state index contributed by atoms with van der Waals surface area (Å²) in [7, 11) is 0. The van der Waals surface area contributed by atoms with Gasteiger partial charge in [-0.25, -0.2) is 0 Å². The van der Waals surface area contributed by atoms with E-state index in [2.05, 4.69) is 0 Å². The van der Waals surface area contributed by atoms with Crippen molar-refractivity contribution in [3.63, 3.8) is 0 Å². The van der Waals surface area contributed by atoms with Crippen molar-refractivity contribution in [1.29, 1.82) is 0 Å². The largest absolute Gasteiger partial charge is 0.393 e. The fourth-order valence-corrected chi connectivity index (χ4v) is 3.60. The van der Waals surface area contributed by atoms with E-state index >= 15 is 0 Å². The van der Waals surface area contributed by atoms with Crippen LogP contribution in [0.3, 0.4) is 0 Å². The zero-order valence-electron chi connectivity index (χ0n) is 8.45. The van der Waals surface area contributed by atoms with Crippen LogP contribution in [0.2, 0.25) is 0 Å². The van der Waals surface area contributed by atoms with Gasteiger partial charge < -0.3 is 14.6 Å². The quantitative estimate of drug-likeness (QED) is 0.637. The Morgan fingerprint density at radius 2 is 1.86 bits per heavy atom. The highest BCUT2D eigenvalue weighted by molar-refractivity contribution is 4.99. The first-order valence-corrected chi connectivity index (χ1v) is 5.78. The van der Waals surface area contributed by atoms with Gasteiger partial charge in [0.05, 0.1) is 19.3 Å². The van der Waals surface area contributed by atoms with Crippen molar-refractivity contribution in [3.05, 3.63) is 0 Å². The standard InChI is InChI=1S/C11H18O3/c12-9-3-1-2-8-4-5-11(10(8)9)13-6-7-14-11/h8-10,12H,1-7H2/t8-,9+,10+/m0/s1. The molecule has 2 aliphatic carbocycles. The Morgan fingerprint density at radius 3 is 2.64 bits per heavy atom. The van der Waals surface area contributed by atoms with Crippen molar-refractivity contribution < 1.29 is 14.6 Å². The van der Waals surface area contributed by atoms with Crippen LogP contribution in [0.25, 0.3) is 0 Å². The molecule has 0 bridgehead atoms. The van der Waals surface area contributed by atoms with E-state index in [1.807, 2.05) is 0 Å². The van der Waals surface area contributed by atoms with Crippen molar-refractivity contribution in [2.75, 3.05) is 13.2 Å². The van der Waals surface area contributed by atoms with Crippen LogP contribution in [0.15, 0.2) is 0 Å². The molecule has 0 radical (unpaired) electrons. The number of hydrogen-bond donors (Lipinski definition) is 1. The molecule has 0 aromatic carbocycles. The van der Waals surface area contributed by atoms with Crippen molar-refractivity contribution in [2.45, 2.75) is 44.0 Å². The van der Waals surface area contributed by atoms with Crippen LogP contribution in [0.5, 0.6) is 0 Å². The van der Waals surface area contributed by atoms with Gasteiger partial charge in [0.2, 0.25) is 0 Å². The molecule has 1 saturated heterocycles. The summed E-state index contributed by atoms with van der Waals surface area (Å²) < 4.78 is 11.5. The molecule has 3 nitrogen and oxygen atoms in total. The molecule has 3 aliphatic rings. The molecule has 3 rings (SSSR count). The average Bonchev–Trinajstić information content (AvgIpc) is 2.77. The molecule has 0 unspecified atom stereocenters. The Kier molecular flexibility index (Phi) is 2.08. The molecule has 3 heteroatoms. The maximum absolute atomic E-state index is 10.0. The molecule has 3 fully saturated rings. The number of aliphatic hydroxyl groups is 1. The third-order valence-corrected chi connectivity index (χ3v) is 4.14. The van der Waals surface area contributed by atoms with Gasteiger partial charge in [-0.2, -0.15) is 0 Å². The molecule has 0 aromatic heterocycles. The van der Waals surface area contributed by atoms with Crippen molar-refractivity contribution in [3.8, 4) is 0 Å². The summed E-state index contributed by atoms with van der Waals surface area (Å²) in [5.74, 6) is 0.487. The maximum Gasteiger partial charge on any atom is 0.174 e. The number of fused-ring (bicyclic) bond motifs is 2. The van der Waals surface area contributed by atoms with Crippen LogP contribution in [-0.2, 0) is 9.47 Å². The second-order valence-electron chi connectivity index (χ2n) is 4.83. The van der Waals surface area contributed by atoms with Gasteiger partial charge in [0.15, 0.2) is 5.79 Å². The van der Waals surface area contributed by atoms with E-state index in [1.165, 1.54) is 19.3 Å². The lowest BCUT2D eigenvalue weighted by molar-refractivity contribution is -0.212. The first-order chi connectivity index (χ1) is 6.82. The number of rotatable bonds is 0. The van der Waals surface area contributed by atoms with Crippen LogP contribution in [0, 0.1) is 11.8 Å². The minimum atomic E-state index is -0.398. The summed E-state index contributed by atoms with van der Waals surface area (Å²) in [6.45, 7) is 1.41. The zero-order valence-corrected chi connectivity index (χ0v) is 8.45. The van der Waals surface area contributed by atoms with Gasteiger partial charge in [0.25, 0.3) is 0 Å². The Bertz CT molecular complexity index is 223. The van der Waals surface area contributed by atoms with Gasteiger partial charge >= 0.3 is 0 Å². The second kappa shape index (κ2) is 3.19. The van der Waals surface area contributed by atoms with E-state index in [0.717, 1.165) is 12.8 Å². The van der Waals surface area contributed by atoms with Gasteiger partial charge in [-0.1, -0.05) is 6.42 Å². The Balaban J connectivity index is 1.86. The number of aliphatic hydroxyl groups excluding tert-OH is 1. The third kappa shape index (κ3) is 1.16. The topological polar surface area (TPSA) is 38.7 Å². The Labute approximate surface area is 84.4 Å². The van der Waals surface area contributed by atoms with Gasteiger partial charge in [-0.05, 0) is 25.2 Å². The van der Waals surface area contributed by atoms with Crippen molar-refractivity contribution in [2.24, 2.45) is 11.8 Å². The van der Waals surface area contributed by atoms with E-state index in [4.69, 9.17) is 9.47 Å². The van der Waals surface area contributed by atoms with Crippen LogP contribution in [-0.4, -0.2) is 30.2 Å². The lowest BCUT2D eigenvalue weighted by Gasteiger charge is -2.38. The first kappa shape index (κ1) is 9.13. The van der Waals surface area contributed by atoms with Crippen molar-refractivity contribution >= 4 is 0 Å². The SMILES string of the molecule is O[C@@H]1CCC[C@H]2CCC3(OCCO3)[C@H]21. The lowest BCUT2D eigenvalue weighted by atomic mass is 9.77. The van der Waals surface area contributed by atoms with Crippen LogP contribution in [0.1, 0.15) is 32.1 Å². The minimum Gasteiger partial charge on any atom is -0.393 e. The molecule has 14 heavy (non-hydrogen) atoms. The molecular weight excluding hydrogens is 180 g/mol. The highest BCUT2D eigenvalue weighted by atomic mass is 16.7. The van der Waals surface area contributed by atoms with E-state index < -0.39 is 5.79 Å². The minimum absolute atomic E-state index is 0.200. The van der Waals surface area contributed by atoms with E-state index in [1.54, 1.807) is 0 Å². The highest BCUT2D eigenvalue weighted by Crippen LogP contribution is 2.51. The Morgan fingerprint density at radius 1 is 1.07 bits per heavy atom. The van der Waals surface area contributed by atoms with Crippen LogP contribution < -0.4 is 0 Å². The van der Waals surface area contributed by atoms with E-state index in [9.17, 15) is 5.11 Å². The number of ether oxygens (including phenoxy) is 2. The van der Waals surface area contributed by atoms with Gasteiger partial charge in [-0.15, -0.1) is 0 Å². The zero-order chi connectivity index (χ0) is 9.60. The monoisotopic (exact) mass is 198 g/mol. The average molecular weight is 198 g/mol. The Hall–Kier alpha value is -0.120. The summed E-state index contributed by atoms with van der Waals surface area (Å²) in [6.07, 6.45) is 5.29. The van der Waals surface area contributed by atoms with Crippen LogP contribution >= 0.6 is 0 Å². The predicted octanol–water partition coefficient (Wildman–Crippen LogP) is 1.30. The molecule has 1 spiro atoms. The second-order valence-corrected chi connectivity index (χ2v) is 4.83. The van der Waals surface area contributed by atoms with Gasteiger partial charge in [-0.3, -0.25) is 0 Å². The number of hydrogen-bond acceptors (Lipinski definition) is 3. The molecule has 0 aromatic rings. The molecular formula is C11H18O3. The lowest BCUT2D eigenvalue weighted by Crippen LogP contribution is -2.45. The summed E-state index contributed by atoms with van der Waals surface area (Å²) in [5.41, 5.74) is 0. The van der Waals surface area contributed by atoms with E-state index in [-0.39, 0.29) is 12.0 Å². The molecule has 0 amide bonds. The van der Waals surface area contributed by atoms with Gasteiger partial charge in [0, 0.05) is 12.3 Å². The maximum atomic E-state index is 10.0. The first-order valence-electron chi connectivity index (χ1n) is 5.78. The molecule has 3 atom stereocenters. The van der Waals surface area contributed by atoms with Gasteiger partial charge in [0.1, 0.15) is 0 Å². The third-order valence-electron chi connectivity index (χ3n) is 4.14.